The third-order valence-electron chi connectivity index (χ3n) is 4.41. The fourth-order valence-corrected chi connectivity index (χ4v) is 3.31. The summed E-state index contributed by atoms with van der Waals surface area (Å²) in [5.41, 5.74) is 1.94. The fourth-order valence-electron chi connectivity index (χ4n) is 3.00. The number of anilines is 1. The Labute approximate surface area is 152 Å². The van der Waals surface area contributed by atoms with E-state index in [2.05, 4.69) is 22.3 Å². The molecule has 1 N–H and O–H groups in total. The minimum atomic E-state index is 0.0442. The molecule has 0 spiro atoms. The Balaban J connectivity index is 1.50. The predicted octanol–water partition coefficient (Wildman–Crippen LogP) is 4.84. The first-order valence-corrected chi connectivity index (χ1v) is 8.89. The number of carbonyl (C=O) groups excluding carboxylic acids is 1. The highest BCUT2D eigenvalue weighted by molar-refractivity contribution is 6.33. The minimum absolute atomic E-state index is 0.0442. The molecule has 0 bridgehead atoms. The van der Waals surface area contributed by atoms with E-state index in [0.29, 0.717) is 10.7 Å². The van der Waals surface area contributed by atoms with Crippen molar-refractivity contribution in [3.8, 4) is 0 Å². The zero-order valence-electron chi connectivity index (χ0n) is 13.3. The summed E-state index contributed by atoms with van der Waals surface area (Å²) >= 11 is 12.0. The van der Waals surface area contributed by atoms with Gasteiger partial charge in [-0.3, -0.25) is 9.69 Å². The molecule has 1 fully saturated rings. The number of amides is 1. The maximum atomic E-state index is 12.4. The molecule has 126 valence electrons. The number of nitrogens with one attached hydrogen (secondary N) is 1. The second kappa shape index (κ2) is 8.02. The summed E-state index contributed by atoms with van der Waals surface area (Å²) < 4.78 is 0. The highest BCUT2D eigenvalue weighted by Gasteiger charge is 2.25. The van der Waals surface area contributed by atoms with Gasteiger partial charge in [0.2, 0.25) is 5.91 Å². The van der Waals surface area contributed by atoms with Crippen LogP contribution in [0.3, 0.4) is 0 Å². The molecule has 5 heteroatoms. The molecule has 1 aliphatic heterocycles. The van der Waals surface area contributed by atoms with E-state index in [9.17, 15) is 4.79 Å². The molecule has 0 aliphatic carbocycles. The van der Waals surface area contributed by atoms with Crippen molar-refractivity contribution in [2.75, 3.05) is 18.4 Å². The van der Waals surface area contributed by atoms with Gasteiger partial charge in [0.15, 0.2) is 0 Å². The molecule has 2 aromatic rings. The maximum Gasteiger partial charge on any atom is 0.227 e. The molecule has 3 rings (SSSR count). The normalized spacial score (nSPS) is 16.1. The Morgan fingerprint density at radius 2 is 1.71 bits per heavy atom. The highest BCUT2D eigenvalue weighted by Crippen LogP contribution is 2.24. The van der Waals surface area contributed by atoms with Crippen LogP contribution >= 0.6 is 23.2 Å². The molecule has 1 amide bonds. The average Bonchev–Trinajstić information content (AvgIpc) is 2.59. The van der Waals surface area contributed by atoms with Crippen LogP contribution in [0.1, 0.15) is 18.4 Å². The number of likely N-dealkylation sites (tertiary alicyclic amines) is 1. The lowest BCUT2D eigenvalue weighted by Gasteiger charge is -2.31. The molecule has 0 radical (unpaired) electrons. The van der Waals surface area contributed by atoms with Gasteiger partial charge in [-0.25, -0.2) is 0 Å². The Hall–Kier alpha value is -1.55. The summed E-state index contributed by atoms with van der Waals surface area (Å²) in [4.78, 5) is 14.8. The van der Waals surface area contributed by atoms with E-state index in [1.807, 2.05) is 30.3 Å². The first-order chi connectivity index (χ1) is 11.6. The minimum Gasteiger partial charge on any atom is -0.325 e. The number of para-hydroxylation sites is 1. The molecule has 0 atom stereocenters. The lowest BCUT2D eigenvalue weighted by atomic mass is 9.95. The highest BCUT2D eigenvalue weighted by atomic mass is 35.5. The second-order valence-corrected chi connectivity index (χ2v) is 6.99. The van der Waals surface area contributed by atoms with Crippen LogP contribution in [0.2, 0.25) is 10.0 Å². The average molecular weight is 363 g/mol. The monoisotopic (exact) mass is 362 g/mol. The molecular weight excluding hydrogens is 343 g/mol. The van der Waals surface area contributed by atoms with E-state index in [4.69, 9.17) is 23.2 Å². The topological polar surface area (TPSA) is 32.3 Å². The lowest BCUT2D eigenvalue weighted by Crippen LogP contribution is -2.37. The van der Waals surface area contributed by atoms with Crippen molar-refractivity contribution >= 4 is 34.8 Å². The third kappa shape index (κ3) is 4.50. The number of halogens is 2. The van der Waals surface area contributed by atoms with Crippen molar-refractivity contribution in [3.63, 3.8) is 0 Å². The molecule has 3 nitrogen and oxygen atoms in total. The quantitative estimate of drug-likeness (QED) is 0.843. The standard InChI is InChI=1S/C19H20Cl2N2O/c20-16-7-5-14(6-8-16)13-23-11-9-15(10-12-23)19(24)22-18-4-2-1-3-17(18)21/h1-8,15H,9-13H2,(H,22,24). The van der Waals surface area contributed by atoms with E-state index >= 15 is 0 Å². The molecule has 1 aliphatic rings. The van der Waals surface area contributed by atoms with Crippen LogP contribution in [0.4, 0.5) is 5.69 Å². The molecule has 0 unspecified atom stereocenters. The largest absolute Gasteiger partial charge is 0.325 e. The molecule has 0 aromatic heterocycles. The van der Waals surface area contributed by atoms with Gasteiger partial charge >= 0.3 is 0 Å². The Morgan fingerprint density at radius 1 is 1.04 bits per heavy atom. The van der Waals surface area contributed by atoms with E-state index in [0.717, 1.165) is 37.5 Å². The van der Waals surface area contributed by atoms with E-state index in [-0.39, 0.29) is 11.8 Å². The van der Waals surface area contributed by atoms with Gasteiger partial charge in [0, 0.05) is 17.5 Å². The van der Waals surface area contributed by atoms with Crippen LogP contribution in [0.25, 0.3) is 0 Å². The van der Waals surface area contributed by atoms with Crippen molar-refractivity contribution in [1.29, 1.82) is 0 Å². The van der Waals surface area contributed by atoms with Crippen LogP contribution in [-0.2, 0) is 11.3 Å². The molecule has 2 aromatic carbocycles. The number of hydrogen-bond acceptors (Lipinski definition) is 2. The van der Waals surface area contributed by atoms with Crippen molar-refractivity contribution in [2.24, 2.45) is 5.92 Å². The first-order valence-electron chi connectivity index (χ1n) is 8.14. The summed E-state index contributed by atoms with van der Waals surface area (Å²) in [7, 11) is 0. The first kappa shape index (κ1) is 17.3. The number of benzene rings is 2. The fraction of sp³-hybridized carbons (Fsp3) is 0.316. The van der Waals surface area contributed by atoms with Gasteiger partial charge in [-0.05, 0) is 55.8 Å². The van der Waals surface area contributed by atoms with Gasteiger partial charge in [-0.1, -0.05) is 47.5 Å². The van der Waals surface area contributed by atoms with Gasteiger partial charge in [-0.2, -0.15) is 0 Å². The van der Waals surface area contributed by atoms with Crippen LogP contribution < -0.4 is 5.32 Å². The summed E-state index contributed by atoms with van der Waals surface area (Å²) in [5, 5.41) is 4.28. The molecule has 1 saturated heterocycles. The summed E-state index contributed by atoms with van der Waals surface area (Å²) in [5.74, 6) is 0.108. The van der Waals surface area contributed by atoms with Crippen molar-refractivity contribution in [3.05, 3.63) is 64.1 Å². The summed E-state index contributed by atoms with van der Waals surface area (Å²) in [6.07, 6.45) is 1.73. The maximum absolute atomic E-state index is 12.4. The van der Waals surface area contributed by atoms with Crippen LogP contribution in [0.5, 0.6) is 0 Å². The van der Waals surface area contributed by atoms with Crippen LogP contribution in [0.15, 0.2) is 48.5 Å². The van der Waals surface area contributed by atoms with Gasteiger partial charge in [0.05, 0.1) is 10.7 Å². The Kier molecular flexibility index (Phi) is 5.77. The van der Waals surface area contributed by atoms with Gasteiger partial charge < -0.3 is 5.32 Å². The Morgan fingerprint density at radius 3 is 2.38 bits per heavy atom. The number of nitrogens with zero attached hydrogens (tertiary/aromatic N) is 1. The second-order valence-electron chi connectivity index (χ2n) is 6.15. The van der Waals surface area contributed by atoms with Gasteiger partial charge in [-0.15, -0.1) is 0 Å². The molecule has 1 heterocycles. The number of rotatable bonds is 4. The zero-order valence-corrected chi connectivity index (χ0v) is 14.9. The van der Waals surface area contributed by atoms with Crippen LogP contribution in [0, 0.1) is 5.92 Å². The van der Waals surface area contributed by atoms with E-state index < -0.39 is 0 Å². The van der Waals surface area contributed by atoms with Crippen LogP contribution in [-0.4, -0.2) is 23.9 Å². The van der Waals surface area contributed by atoms with E-state index in [1.54, 1.807) is 6.07 Å². The van der Waals surface area contributed by atoms with Gasteiger partial charge in [0.1, 0.15) is 0 Å². The third-order valence-corrected chi connectivity index (χ3v) is 4.99. The predicted molar refractivity (Wildman–Crippen MR) is 99.5 cm³/mol. The lowest BCUT2D eigenvalue weighted by molar-refractivity contribution is -0.121. The Bertz CT molecular complexity index is 695. The molecule has 0 saturated carbocycles. The molecular formula is C19H20Cl2N2O. The zero-order chi connectivity index (χ0) is 16.9. The van der Waals surface area contributed by atoms with Crippen molar-refractivity contribution in [2.45, 2.75) is 19.4 Å². The SMILES string of the molecule is O=C(Nc1ccccc1Cl)C1CCN(Cc2ccc(Cl)cc2)CC1. The molecule has 24 heavy (non-hydrogen) atoms. The van der Waals surface area contributed by atoms with Crippen molar-refractivity contribution < 1.29 is 4.79 Å². The summed E-state index contributed by atoms with van der Waals surface area (Å²) in [6, 6.07) is 15.3. The van der Waals surface area contributed by atoms with E-state index in [1.165, 1.54) is 5.56 Å². The number of carbonyl (C=O) groups is 1. The summed E-state index contributed by atoms with van der Waals surface area (Å²) in [6.45, 7) is 2.74. The number of hydrogen-bond donors (Lipinski definition) is 1. The number of piperidine rings is 1. The smallest absolute Gasteiger partial charge is 0.227 e. The van der Waals surface area contributed by atoms with Gasteiger partial charge in [0.25, 0.3) is 0 Å². The van der Waals surface area contributed by atoms with Crippen molar-refractivity contribution in [1.82, 2.24) is 4.90 Å².